The Morgan fingerprint density at radius 2 is 2.18 bits per heavy atom. The third kappa shape index (κ3) is 3.85. The maximum atomic E-state index is 12.1. The van der Waals surface area contributed by atoms with Gasteiger partial charge in [-0.2, -0.15) is 0 Å². The first-order valence-corrected chi connectivity index (χ1v) is 6.35. The monoisotopic (exact) mass is 255 g/mol. The summed E-state index contributed by atoms with van der Waals surface area (Å²) in [7, 11) is 1.35. The molecule has 1 amide bonds. The van der Waals surface area contributed by atoms with E-state index in [-0.39, 0.29) is 24.3 Å². The van der Waals surface area contributed by atoms with E-state index in [4.69, 9.17) is 0 Å². The first-order chi connectivity index (χ1) is 8.06. The fourth-order valence-electron chi connectivity index (χ4n) is 1.45. The van der Waals surface area contributed by atoms with Gasteiger partial charge in [-0.25, -0.2) is 0 Å². The van der Waals surface area contributed by atoms with Gasteiger partial charge in [-0.15, -0.1) is 11.3 Å². The molecule has 0 saturated carbocycles. The van der Waals surface area contributed by atoms with Gasteiger partial charge in [0.1, 0.15) is 0 Å². The summed E-state index contributed by atoms with van der Waals surface area (Å²) in [6, 6.07) is 3.70. The minimum absolute atomic E-state index is 0.0288. The molecule has 0 fully saturated rings. The van der Waals surface area contributed by atoms with Gasteiger partial charge in [-0.3, -0.25) is 9.59 Å². The van der Waals surface area contributed by atoms with E-state index < -0.39 is 0 Å². The van der Waals surface area contributed by atoms with Gasteiger partial charge in [0.25, 0.3) is 5.91 Å². The van der Waals surface area contributed by atoms with E-state index in [2.05, 4.69) is 4.74 Å². The minimum Gasteiger partial charge on any atom is -0.469 e. The zero-order valence-corrected chi connectivity index (χ0v) is 11.1. The van der Waals surface area contributed by atoms with Gasteiger partial charge in [0.05, 0.1) is 18.4 Å². The molecular formula is C12H17NO3S. The van der Waals surface area contributed by atoms with Gasteiger partial charge >= 0.3 is 5.97 Å². The predicted octanol–water partition coefficient (Wildman–Crippen LogP) is 2.16. The number of carbonyl (C=O) groups excluding carboxylic acids is 2. The van der Waals surface area contributed by atoms with Crippen molar-refractivity contribution in [2.75, 3.05) is 13.7 Å². The van der Waals surface area contributed by atoms with Crippen LogP contribution < -0.4 is 0 Å². The van der Waals surface area contributed by atoms with Crippen LogP contribution in [0.4, 0.5) is 0 Å². The van der Waals surface area contributed by atoms with Gasteiger partial charge in [-0.05, 0) is 25.3 Å². The molecule has 17 heavy (non-hydrogen) atoms. The Labute approximate surface area is 105 Å². The van der Waals surface area contributed by atoms with Crippen LogP contribution in [-0.2, 0) is 9.53 Å². The largest absolute Gasteiger partial charge is 0.469 e. The summed E-state index contributed by atoms with van der Waals surface area (Å²) in [6.45, 7) is 4.26. The number of esters is 1. The highest BCUT2D eigenvalue weighted by Crippen LogP contribution is 2.14. The van der Waals surface area contributed by atoms with Crippen LogP contribution in [0.15, 0.2) is 17.5 Å². The molecule has 0 radical (unpaired) electrons. The molecular weight excluding hydrogens is 238 g/mol. The van der Waals surface area contributed by atoms with Crippen molar-refractivity contribution in [2.24, 2.45) is 0 Å². The summed E-state index contributed by atoms with van der Waals surface area (Å²) < 4.78 is 4.58. The van der Waals surface area contributed by atoms with Gasteiger partial charge in [0.15, 0.2) is 0 Å². The van der Waals surface area contributed by atoms with Crippen molar-refractivity contribution in [1.29, 1.82) is 0 Å². The Morgan fingerprint density at radius 1 is 1.47 bits per heavy atom. The molecule has 0 bridgehead atoms. The molecule has 0 unspecified atom stereocenters. The third-order valence-corrected chi connectivity index (χ3v) is 3.26. The highest BCUT2D eigenvalue weighted by Gasteiger charge is 2.20. The Balaban J connectivity index is 2.66. The second kappa shape index (κ2) is 6.39. The number of nitrogens with zero attached hydrogens (tertiary/aromatic N) is 1. The Kier molecular flexibility index (Phi) is 5.15. The fraction of sp³-hybridized carbons (Fsp3) is 0.500. The van der Waals surface area contributed by atoms with Crippen LogP contribution in [0.2, 0.25) is 0 Å². The number of hydrogen-bond acceptors (Lipinski definition) is 4. The molecule has 0 spiro atoms. The average molecular weight is 255 g/mol. The van der Waals surface area contributed by atoms with E-state index in [1.807, 2.05) is 25.3 Å². The van der Waals surface area contributed by atoms with Crippen LogP contribution in [0.1, 0.15) is 29.9 Å². The molecule has 0 aliphatic heterocycles. The second-order valence-electron chi connectivity index (χ2n) is 3.90. The quantitative estimate of drug-likeness (QED) is 0.757. The molecule has 4 nitrogen and oxygen atoms in total. The number of ether oxygens (including phenoxy) is 1. The molecule has 0 aliphatic rings. The van der Waals surface area contributed by atoms with Crippen LogP contribution >= 0.6 is 11.3 Å². The summed E-state index contributed by atoms with van der Waals surface area (Å²) in [5.41, 5.74) is 0. The summed E-state index contributed by atoms with van der Waals surface area (Å²) in [5, 5.41) is 1.87. The van der Waals surface area contributed by atoms with Crippen molar-refractivity contribution in [3.8, 4) is 0 Å². The topological polar surface area (TPSA) is 46.6 Å². The number of carbonyl (C=O) groups is 2. The third-order valence-electron chi connectivity index (χ3n) is 2.40. The molecule has 1 heterocycles. The SMILES string of the molecule is COC(=O)CCN(C(=O)c1cccs1)C(C)C. The van der Waals surface area contributed by atoms with Gasteiger partial charge in [0.2, 0.25) is 0 Å². The van der Waals surface area contributed by atoms with E-state index in [9.17, 15) is 9.59 Å². The van der Waals surface area contributed by atoms with Crippen LogP contribution in [0.25, 0.3) is 0 Å². The first kappa shape index (κ1) is 13.7. The van der Waals surface area contributed by atoms with E-state index >= 15 is 0 Å². The zero-order chi connectivity index (χ0) is 12.8. The van der Waals surface area contributed by atoms with Crippen molar-refractivity contribution >= 4 is 23.2 Å². The summed E-state index contributed by atoms with van der Waals surface area (Å²) >= 11 is 1.41. The van der Waals surface area contributed by atoms with Crippen LogP contribution in [0.3, 0.4) is 0 Å². The lowest BCUT2D eigenvalue weighted by Crippen LogP contribution is -2.38. The van der Waals surface area contributed by atoms with Crippen LogP contribution in [0.5, 0.6) is 0 Å². The predicted molar refractivity (Wildman–Crippen MR) is 67.1 cm³/mol. The summed E-state index contributed by atoms with van der Waals surface area (Å²) in [4.78, 5) is 25.6. The van der Waals surface area contributed by atoms with Crippen LogP contribution in [-0.4, -0.2) is 36.5 Å². The Morgan fingerprint density at radius 3 is 2.65 bits per heavy atom. The van der Waals surface area contributed by atoms with Crippen molar-refractivity contribution < 1.29 is 14.3 Å². The fourth-order valence-corrected chi connectivity index (χ4v) is 2.13. The lowest BCUT2D eigenvalue weighted by atomic mass is 10.2. The molecule has 0 saturated heterocycles. The highest BCUT2D eigenvalue weighted by molar-refractivity contribution is 7.12. The number of methoxy groups -OCH3 is 1. The highest BCUT2D eigenvalue weighted by atomic mass is 32.1. The molecule has 5 heteroatoms. The van der Waals surface area contributed by atoms with E-state index in [0.29, 0.717) is 11.4 Å². The van der Waals surface area contributed by atoms with Gasteiger partial charge in [-0.1, -0.05) is 6.07 Å². The Hall–Kier alpha value is -1.36. The van der Waals surface area contributed by atoms with Crippen molar-refractivity contribution in [3.05, 3.63) is 22.4 Å². The number of amides is 1. The standard InChI is InChI=1S/C12H17NO3S/c1-9(2)13(7-6-11(14)16-3)12(15)10-5-4-8-17-10/h4-5,8-9H,6-7H2,1-3H3. The van der Waals surface area contributed by atoms with Crippen LogP contribution in [0, 0.1) is 0 Å². The van der Waals surface area contributed by atoms with Gasteiger partial charge in [0, 0.05) is 12.6 Å². The molecule has 0 aliphatic carbocycles. The normalized spacial score (nSPS) is 10.4. The van der Waals surface area contributed by atoms with Crippen molar-refractivity contribution in [3.63, 3.8) is 0 Å². The molecule has 0 N–H and O–H groups in total. The average Bonchev–Trinajstić information content (AvgIpc) is 2.81. The molecule has 94 valence electrons. The molecule has 0 aromatic carbocycles. The van der Waals surface area contributed by atoms with Gasteiger partial charge < -0.3 is 9.64 Å². The van der Waals surface area contributed by atoms with E-state index in [0.717, 1.165) is 0 Å². The smallest absolute Gasteiger partial charge is 0.307 e. The molecule has 1 aromatic heterocycles. The summed E-state index contributed by atoms with van der Waals surface area (Å²) in [6.07, 6.45) is 0.228. The molecule has 1 rings (SSSR count). The molecule has 1 aromatic rings. The lowest BCUT2D eigenvalue weighted by molar-refractivity contribution is -0.140. The van der Waals surface area contributed by atoms with E-state index in [1.165, 1.54) is 18.4 Å². The number of thiophene rings is 1. The van der Waals surface area contributed by atoms with Crippen molar-refractivity contribution in [2.45, 2.75) is 26.3 Å². The number of hydrogen-bond donors (Lipinski definition) is 0. The zero-order valence-electron chi connectivity index (χ0n) is 10.3. The minimum atomic E-state index is -0.297. The second-order valence-corrected chi connectivity index (χ2v) is 4.84. The molecule has 0 atom stereocenters. The van der Waals surface area contributed by atoms with Crippen molar-refractivity contribution in [1.82, 2.24) is 4.90 Å². The van der Waals surface area contributed by atoms with E-state index in [1.54, 1.807) is 11.0 Å². The number of rotatable bonds is 5. The maximum Gasteiger partial charge on any atom is 0.307 e. The first-order valence-electron chi connectivity index (χ1n) is 5.47. The Bertz CT molecular complexity index is 373. The maximum absolute atomic E-state index is 12.1. The summed E-state index contributed by atoms with van der Waals surface area (Å²) in [5.74, 6) is -0.325. The lowest BCUT2D eigenvalue weighted by Gasteiger charge is -2.25.